The van der Waals surface area contributed by atoms with Gasteiger partial charge in [-0.2, -0.15) is 13.2 Å². The molecule has 0 aliphatic carbocycles. The van der Waals surface area contributed by atoms with Crippen molar-refractivity contribution in [2.45, 2.75) is 43.8 Å². The molecule has 0 saturated carbocycles. The summed E-state index contributed by atoms with van der Waals surface area (Å²) in [6, 6.07) is -3.02. The first-order valence-corrected chi connectivity index (χ1v) is 6.03. The highest BCUT2D eigenvalue weighted by Gasteiger charge is 2.50. The Hall–Kier alpha value is -0.370. The zero-order chi connectivity index (χ0) is 14.1. The van der Waals surface area contributed by atoms with Crippen molar-refractivity contribution in [1.29, 1.82) is 0 Å². The Labute approximate surface area is 106 Å². The molecule has 3 N–H and O–H groups in total. The summed E-state index contributed by atoms with van der Waals surface area (Å²) in [7, 11) is 3.61. The fourth-order valence-electron chi connectivity index (χ4n) is 2.65. The SMILES string of the molecule is CC(N)C(N1CC(O)CC1CN(C)C)C(F)(F)F. The van der Waals surface area contributed by atoms with Crippen molar-refractivity contribution in [3.63, 3.8) is 0 Å². The quantitative estimate of drug-likeness (QED) is 0.769. The van der Waals surface area contributed by atoms with Crippen LogP contribution in [0.5, 0.6) is 0 Å². The number of hydrogen-bond donors (Lipinski definition) is 2. The molecule has 1 aliphatic rings. The van der Waals surface area contributed by atoms with Gasteiger partial charge in [0.25, 0.3) is 0 Å². The number of aliphatic hydroxyl groups excluding tert-OH is 1. The normalized spacial score (nSPS) is 29.8. The van der Waals surface area contributed by atoms with Crippen molar-refractivity contribution in [3.8, 4) is 0 Å². The van der Waals surface area contributed by atoms with Crippen molar-refractivity contribution in [3.05, 3.63) is 0 Å². The van der Waals surface area contributed by atoms with Crippen LogP contribution in [0.2, 0.25) is 0 Å². The molecule has 0 amide bonds. The summed E-state index contributed by atoms with van der Waals surface area (Å²) in [4.78, 5) is 3.12. The molecule has 1 rings (SSSR count). The van der Waals surface area contributed by atoms with Crippen LogP contribution in [0.15, 0.2) is 0 Å². The maximum absolute atomic E-state index is 13.0. The average Bonchev–Trinajstić information content (AvgIpc) is 2.42. The fourth-order valence-corrected chi connectivity index (χ4v) is 2.65. The van der Waals surface area contributed by atoms with Gasteiger partial charge in [-0.15, -0.1) is 0 Å². The number of likely N-dealkylation sites (tertiary alicyclic amines) is 1. The van der Waals surface area contributed by atoms with E-state index in [1.165, 1.54) is 11.8 Å². The largest absolute Gasteiger partial charge is 0.405 e. The van der Waals surface area contributed by atoms with Crippen LogP contribution in [0, 0.1) is 0 Å². The first-order valence-electron chi connectivity index (χ1n) is 6.03. The van der Waals surface area contributed by atoms with E-state index in [-0.39, 0.29) is 12.6 Å². The van der Waals surface area contributed by atoms with Gasteiger partial charge < -0.3 is 15.7 Å². The van der Waals surface area contributed by atoms with Crippen LogP contribution >= 0.6 is 0 Å². The average molecular weight is 269 g/mol. The zero-order valence-electron chi connectivity index (χ0n) is 11.0. The standard InChI is InChI=1S/C11H22F3N3O/c1-7(15)10(11(12,13)14)17-6-9(18)4-8(17)5-16(2)3/h7-10,18H,4-6,15H2,1-3H3. The van der Waals surface area contributed by atoms with Gasteiger partial charge in [-0.05, 0) is 27.4 Å². The van der Waals surface area contributed by atoms with Crippen molar-refractivity contribution >= 4 is 0 Å². The Morgan fingerprint density at radius 2 is 2.00 bits per heavy atom. The molecule has 0 aromatic carbocycles. The number of hydrogen-bond acceptors (Lipinski definition) is 4. The highest BCUT2D eigenvalue weighted by Crippen LogP contribution is 2.32. The Morgan fingerprint density at radius 3 is 2.39 bits per heavy atom. The second-order valence-electron chi connectivity index (χ2n) is 5.35. The van der Waals surface area contributed by atoms with Crippen LogP contribution < -0.4 is 5.73 Å². The van der Waals surface area contributed by atoms with Gasteiger partial charge in [0.1, 0.15) is 6.04 Å². The van der Waals surface area contributed by atoms with Gasteiger partial charge in [-0.3, -0.25) is 4.90 Å². The number of nitrogens with two attached hydrogens (primary N) is 1. The van der Waals surface area contributed by atoms with E-state index in [4.69, 9.17) is 5.73 Å². The van der Waals surface area contributed by atoms with E-state index in [9.17, 15) is 18.3 Å². The molecule has 4 nitrogen and oxygen atoms in total. The predicted molar refractivity (Wildman–Crippen MR) is 63.2 cm³/mol. The third-order valence-electron chi connectivity index (χ3n) is 3.20. The molecule has 0 radical (unpaired) electrons. The van der Waals surface area contributed by atoms with Gasteiger partial charge in [-0.25, -0.2) is 0 Å². The second kappa shape index (κ2) is 5.73. The van der Waals surface area contributed by atoms with Gasteiger partial charge in [0, 0.05) is 25.2 Å². The Kier molecular flexibility index (Phi) is 4.99. The molecule has 4 unspecified atom stereocenters. The van der Waals surface area contributed by atoms with Crippen molar-refractivity contribution in [2.75, 3.05) is 27.2 Å². The molecule has 0 spiro atoms. The molecule has 1 fully saturated rings. The monoisotopic (exact) mass is 269 g/mol. The summed E-state index contributed by atoms with van der Waals surface area (Å²) in [6.45, 7) is 1.87. The lowest BCUT2D eigenvalue weighted by Crippen LogP contribution is -2.58. The first kappa shape index (κ1) is 15.7. The molecule has 108 valence electrons. The smallest absolute Gasteiger partial charge is 0.392 e. The molecule has 0 aromatic heterocycles. The predicted octanol–water partition coefficient (Wildman–Crippen LogP) is 0.261. The molecule has 7 heteroatoms. The van der Waals surface area contributed by atoms with Crippen LogP contribution in [0.3, 0.4) is 0 Å². The third kappa shape index (κ3) is 3.81. The second-order valence-corrected chi connectivity index (χ2v) is 5.35. The van der Waals surface area contributed by atoms with E-state index in [0.717, 1.165) is 0 Å². The minimum atomic E-state index is -4.37. The van der Waals surface area contributed by atoms with E-state index in [1.54, 1.807) is 14.1 Å². The summed E-state index contributed by atoms with van der Waals surface area (Å²) in [5.74, 6) is 0. The van der Waals surface area contributed by atoms with Gasteiger partial charge in [0.05, 0.1) is 6.10 Å². The Bertz CT molecular complexity index is 271. The van der Waals surface area contributed by atoms with Crippen LogP contribution in [0.4, 0.5) is 13.2 Å². The lowest BCUT2D eigenvalue weighted by Gasteiger charge is -2.37. The Morgan fingerprint density at radius 1 is 1.44 bits per heavy atom. The number of aliphatic hydroxyl groups is 1. The van der Waals surface area contributed by atoms with Crippen molar-refractivity contribution in [1.82, 2.24) is 9.80 Å². The molecule has 18 heavy (non-hydrogen) atoms. The molecule has 1 saturated heterocycles. The maximum atomic E-state index is 13.0. The van der Waals surface area contributed by atoms with Crippen LogP contribution in [0.1, 0.15) is 13.3 Å². The minimum absolute atomic E-state index is 0.0320. The molecule has 4 atom stereocenters. The van der Waals surface area contributed by atoms with Crippen LogP contribution in [-0.2, 0) is 0 Å². The summed E-state index contributed by atoms with van der Waals surface area (Å²) in [6.07, 6.45) is -4.72. The number of β-amino-alcohol motifs (C(OH)–C–C–N with tert-alkyl or cyclic N) is 1. The number of rotatable bonds is 4. The summed E-state index contributed by atoms with van der Waals surface area (Å²) >= 11 is 0. The van der Waals surface area contributed by atoms with Crippen molar-refractivity contribution < 1.29 is 18.3 Å². The van der Waals surface area contributed by atoms with Gasteiger partial charge in [0.2, 0.25) is 0 Å². The zero-order valence-corrected chi connectivity index (χ0v) is 11.0. The van der Waals surface area contributed by atoms with E-state index in [2.05, 4.69) is 0 Å². The highest BCUT2D eigenvalue weighted by molar-refractivity contribution is 4.96. The topological polar surface area (TPSA) is 52.7 Å². The number of alkyl halides is 3. The summed E-state index contributed by atoms with van der Waals surface area (Å²) in [5.41, 5.74) is 5.48. The van der Waals surface area contributed by atoms with Crippen LogP contribution in [0.25, 0.3) is 0 Å². The Balaban J connectivity index is 2.88. The van der Waals surface area contributed by atoms with Gasteiger partial charge in [0.15, 0.2) is 0 Å². The lowest BCUT2D eigenvalue weighted by atomic mass is 10.1. The first-order chi connectivity index (χ1) is 8.12. The van der Waals surface area contributed by atoms with Gasteiger partial charge in [-0.1, -0.05) is 0 Å². The highest BCUT2D eigenvalue weighted by atomic mass is 19.4. The minimum Gasteiger partial charge on any atom is -0.392 e. The summed E-state index contributed by atoms with van der Waals surface area (Å²) < 4.78 is 39.1. The lowest BCUT2D eigenvalue weighted by molar-refractivity contribution is -0.191. The van der Waals surface area contributed by atoms with Crippen molar-refractivity contribution in [2.24, 2.45) is 5.73 Å². The third-order valence-corrected chi connectivity index (χ3v) is 3.20. The van der Waals surface area contributed by atoms with Crippen LogP contribution in [-0.4, -0.2) is 72.5 Å². The number of halogens is 3. The number of nitrogens with zero attached hydrogens (tertiary/aromatic N) is 2. The molecule has 0 bridgehead atoms. The molecular formula is C11H22F3N3O. The maximum Gasteiger partial charge on any atom is 0.405 e. The molecule has 1 heterocycles. The fraction of sp³-hybridized carbons (Fsp3) is 1.00. The number of likely N-dealkylation sites (N-methyl/N-ethyl adjacent to an activating group) is 1. The molecular weight excluding hydrogens is 247 g/mol. The molecule has 1 aliphatic heterocycles. The van der Waals surface area contributed by atoms with E-state index >= 15 is 0 Å². The van der Waals surface area contributed by atoms with Gasteiger partial charge >= 0.3 is 6.18 Å². The van der Waals surface area contributed by atoms with E-state index in [1.807, 2.05) is 4.90 Å². The molecule has 0 aromatic rings. The van der Waals surface area contributed by atoms with E-state index in [0.29, 0.717) is 13.0 Å². The van der Waals surface area contributed by atoms with E-state index < -0.39 is 24.4 Å². The summed E-state index contributed by atoms with van der Waals surface area (Å²) in [5, 5.41) is 9.61.